The molecule has 1 aromatic heterocycles. The Morgan fingerprint density at radius 2 is 2.40 bits per heavy atom. The highest BCUT2D eigenvalue weighted by atomic mass is 35.5. The van der Waals surface area contributed by atoms with Crippen molar-refractivity contribution < 1.29 is 0 Å². The van der Waals surface area contributed by atoms with Gasteiger partial charge in [0.2, 0.25) is 0 Å². The predicted octanol–water partition coefficient (Wildman–Crippen LogP) is 1.75. The Morgan fingerprint density at radius 1 is 1.60 bits per heavy atom. The second kappa shape index (κ2) is 5.80. The molecule has 1 aliphatic rings. The van der Waals surface area contributed by atoms with Crippen LogP contribution in [0.15, 0.2) is 10.9 Å². The van der Waals surface area contributed by atoms with Crippen molar-refractivity contribution in [1.82, 2.24) is 15.2 Å². The number of hydrogen-bond donors (Lipinski definition) is 1. The summed E-state index contributed by atoms with van der Waals surface area (Å²) in [5.41, 5.74) is 3.11. The van der Waals surface area contributed by atoms with Gasteiger partial charge in [-0.15, -0.1) is 23.7 Å². The molecule has 0 spiro atoms. The van der Waals surface area contributed by atoms with E-state index in [0.29, 0.717) is 12.1 Å². The van der Waals surface area contributed by atoms with Gasteiger partial charge in [-0.25, -0.2) is 4.98 Å². The number of thiazole rings is 1. The molecule has 0 amide bonds. The van der Waals surface area contributed by atoms with Gasteiger partial charge in [-0.3, -0.25) is 4.90 Å². The summed E-state index contributed by atoms with van der Waals surface area (Å²) in [7, 11) is 0. The van der Waals surface area contributed by atoms with Gasteiger partial charge in [0.25, 0.3) is 0 Å². The summed E-state index contributed by atoms with van der Waals surface area (Å²) in [6, 6.07) is 1.22. The summed E-state index contributed by atoms with van der Waals surface area (Å²) in [6.45, 7) is 7.71. The summed E-state index contributed by atoms with van der Waals surface area (Å²) in [4.78, 5) is 6.82. The molecule has 86 valence electrons. The van der Waals surface area contributed by atoms with Gasteiger partial charge in [0.1, 0.15) is 0 Å². The molecule has 0 saturated carbocycles. The molecule has 2 rings (SSSR count). The summed E-state index contributed by atoms with van der Waals surface area (Å²) in [5, 5.41) is 5.62. The number of nitrogens with one attached hydrogen (secondary N) is 1. The maximum Gasteiger partial charge on any atom is 0.0795 e. The third-order valence-electron chi connectivity index (χ3n) is 2.74. The van der Waals surface area contributed by atoms with Crippen LogP contribution in [0, 0.1) is 0 Å². The summed E-state index contributed by atoms with van der Waals surface area (Å²) in [6.07, 6.45) is 0. The fourth-order valence-electron chi connectivity index (χ4n) is 1.84. The molecule has 0 bridgehead atoms. The lowest BCUT2D eigenvalue weighted by Crippen LogP contribution is -2.53. The van der Waals surface area contributed by atoms with Gasteiger partial charge in [0.05, 0.1) is 11.2 Å². The molecule has 15 heavy (non-hydrogen) atoms. The van der Waals surface area contributed by atoms with Crippen LogP contribution in [-0.4, -0.2) is 35.1 Å². The van der Waals surface area contributed by atoms with Crippen LogP contribution < -0.4 is 5.32 Å². The lowest BCUT2D eigenvalue weighted by atomic mass is 10.1. The first-order valence-corrected chi connectivity index (χ1v) is 6.04. The van der Waals surface area contributed by atoms with E-state index in [2.05, 4.69) is 34.4 Å². The maximum atomic E-state index is 4.33. The molecule has 0 aromatic carbocycles. The van der Waals surface area contributed by atoms with Crippen molar-refractivity contribution in [2.75, 3.05) is 13.1 Å². The van der Waals surface area contributed by atoms with Crippen LogP contribution in [0.3, 0.4) is 0 Å². The largest absolute Gasteiger partial charge is 0.311 e. The number of piperazine rings is 1. The standard InChI is InChI=1S/C10H17N3S.ClH/c1-8-4-13(9(2)3-11-8)5-10-6-14-7-12-10;/h6-9,11H,3-5H2,1-2H3;1H. The molecule has 1 N–H and O–H groups in total. The van der Waals surface area contributed by atoms with Crippen LogP contribution >= 0.6 is 23.7 Å². The van der Waals surface area contributed by atoms with Crippen LogP contribution in [0.1, 0.15) is 19.5 Å². The first-order valence-electron chi connectivity index (χ1n) is 5.10. The van der Waals surface area contributed by atoms with E-state index >= 15 is 0 Å². The second-order valence-electron chi connectivity index (χ2n) is 4.07. The molecule has 3 nitrogen and oxygen atoms in total. The van der Waals surface area contributed by atoms with Crippen molar-refractivity contribution >= 4 is 23.7 Å². The van der Waals surface area contributed by atoms with E-state index in [-0.39, 0.29) is 12.4 Å². The van der Waals surface area contributed by atoms with E-state index in [0.717, 1.165) is 19.6 Å². The van der Waals surface area contributed by atoms with Crippen molar-refractivity contribution in [3.05, 3.63) is 16.6 Å². The molecule has 1 saturated heterocycles. The van der Waals surface area contributed by atoms with E-state index in [9.17, 15) is 0 Å². The topological polar surface area (TPSA) is 28.2 Å². The zero-order chi connectivity index (χ0) is 9.97. The normalized spacial score (nSPS) is 27.3. The SMILES string of the molecule is CC1CN(Cc2cscn2)C(C)CN1.Cl. The summed E-state index contributed by atoms with van der Waals surface area (Å²) >= 11 is 1.68. The number of aromatic nitrogens is 1. The van der Waals surface area contributed by atoms with Gasteiger partial charge in [-0.1, -0.05) is 0 Å². The Hall–Kier alpha value is -0.160. The molecule has 2 unspecified atom stereocenters. The maximum absolute atomic E-state index is 4.33. The van der Waals surface area contributed by atoms with Crippen molar-refractivity contribution in [3.63, 3.8) is 0 Å². The quantitative estimate of drug-likeness (QED) is 0.863. The van der Waals surface area contributed by atoms with Gasteiger partial charge in [-0.05, 0) is 13.8 Å². The van der Waals surface area contributed by atoms with E-state index in [1.807, 2.05) is 5.51 Å². The van der Waals surface area contributed by atoms with Crippen molar-refractivity contribution in [2.45, 2.75) is 32.5 Å². The minimum absolute atomic E-state index is 0. The molecular formula is C10H18ClN3S. The fourth-order valence-corrected chi connectivity index (χ4v) is 2.39. The zero-order valence-corrected chi connectivity index (χ0v) is 10.8. The van der Waals surface area contributed by atoms with Crippen LogP contribution in [0.5, 0.6) is 0 Å². The number of hydrogen-bond acceptors (Lipinski definition) is 4. The average molecular weight is 248 g/mol. The summed E-state index contributed by atoms with van der Waals surface area (Å²) in [5.74, 6) is 0. The number of halogens is 1. The minimum Gasteiger partial charge on any atom is -0.311 e. The van der Waals surface area contributed by atoms with Crippen LogP contribution in [0.2, 0.25) is 0 Å². The predicted molar refractivity (Wildman–Crippen MR) is 66.7 cm³/mol. The van der Waals surface area contributed by atoms with Crippen LogP contribution in [0.25, 0.3) is 0 Å². The minimum atomic E-state index is 0. The van der Waals surface area contributed by atoms with Gasteiger partial charge in [-0.2, -0.15) is 0 Å². The van der Waals surface area contributed by atoms with E-state index in [1.165, 1.54) is 5.69 Å². The highest BCUT2D eigenvalue weighted by Crippen LogP contribution is 2.12. The third kappa shape index (κ3) is 3.41. The number of rotatable bonds is 2. The molecule has 1 aromatic rings. The Labute approximate surface area is 101 Å². The Kier molecular flexibility index (Phi) is 4.99. The molecule has 1 fully saturated rings. The Balaban J connectivity index is 0.00000112. The molecule has 0 aliphatic carbocycles. The van der Waals surface area contributed by atoms with Crippen molar-refractivity contribution in [3.8, 4) is 0 Å². The highest BCUT2D eigenvalue weighted by Gasteiger charge is 2.22. The highest BCUT2D eigenvalue weighted by molar-refractivity contribution is 7.07. The monoisotopic (exact) mass is 247 g/mol. The van der Waals surface area contributed by atoms with Crippen LogP contribution in [0.4, 0.5) is 0 Å². The smallest absolute Gasteiger partial charge is 0.0795 e. The van der Waals surface area contributed by atoms with Crippen LogP contribution in [-0.2, 0) is 6.54 Å². The fraction of sp³-hybridized carbons (Fsp3) is 0.700. The molecule has 2 atom stereocenters. The Bertz CT molecular complexity index is 278. The molecule has 5 heteroatoms. The third-order valence-corrected chi connectivity index (χ3v) is 3.38. The number of nitrogens with zero attached hydrogens (tertiary/aromatic N) is 2. The lowest BCUT2D eigenvalue weighted by Gasteiger charge is -2.37. The first-order chi connectivity index (χ1) is 6.75. The molecular weight excluding hydrogens is 230 g/mol. The van der Waals surface area contributed by atoms with E-state index < -0.39 is 0 Å². The first kappa shape index (κ1) is 12.9. The molecule has 1 aliphatic heterocycles. The lowest BCUT2D eigenvalue weighted by molar-refractivity contribution is 0.137. The molecule has 0 radical (unpaired) electrons. The van der Waals surface area contributed by atoms with Gasteiger partial charge >= 0.3 is 0 Å². The van der Waals surface area contributed by atoms with E-state index in [1.54, 1.807) is 11.3 Å². The van der Waals surface area contributed by atoms with Gasteiger partial charge in [0.15, 0.2) is 0 Å². The van der Waals surface area contributed by atoms with E-state index in [4.69, 9.17) is 0 Å². The summed E-state index contributed by atoms with van der Waals surface area (Å²) < 4.78 is 0. The van der Waals surface area contributed by atoms with Gasteiger partial charge < -0.3 is 5.32 Å². The van der Waals surface area contributed by atoms with Gasteiger partial charge in [0, 0.05) is 37.1 Å². The van der Waals surface area contributed by atoms with Crippen molar-refractivity contribution in [1.29, 1.82) is 0 Å². The second-order valence-corrected chi connectivity index (χ2v) is 4.79. The van der Waals surface area contributed by atoms with Crippen molar-refractivity contribution in [2.24, 2.45) is 0 Å². The zero-order valence-electron chi connectivity index (χ0n) is 9.14. The Morgan fingerprint density at radius 3 is 3.07 bits per heavy atom. The average Bonchev–Trinajstić information content (AvgIpc) is 2.64. The molecule has 2 heterocycles.